The molecule has 3 rings (SSSR count). The van der Waals surface area contributed by atoms with Crippen LogP contribution in [-0.2, 0) is 6.54 Å². The Balaban J connectivity index is 1.65. The van der Waals surface area contributed by atoms with Gasteiger partial charge in [-0.2, -0.15) is 5.10 Å². The van der Waals surface area contributed by atoms with Gasteiger partial charge >= 0.3 is 0 Å². The number of H-pyrrole nitrogens is 1. The predicted octanol–water partition coefficient (Wildman–Crippen LogP) is 2.73. The number of ether oxygens (including phenoxy) is 1. The number of nitrogens with one attached hydrogen (secondary N) is 1. The maximum Gasteiger partial charge on any atom is 0.119 e. The molecule has 1 aliphatic rings. The van der Waals surface area contributed by atoms with Crippen molar-refractivity contribution in [2.45, 2.75) is 32.4 Å². The van der Waals surface area contributed by atoms with E-state index in [0.717, 1.165) is 36.8 Å². The van der Waals surface area contributed by atoms with Crippen molar-refractivity contribution in [2.24, 2.45) is 5.92 Å². The molecule has 1 aromatic heterocycles. The minimum absolute atomic E-state index is 0.661. The summed E-state index contributed by atoms with van der Waals surface area (Å²) in [7, 11) is 6.07. The van der Waals surface area contributed by atoms with E-state index in [1.807, 2.05) is 12.1 Å². The number of likely N-dealkylation sites (tertiary alicyclic amines) is 1. The topological polar surface area (TPSA) is 44.4 Å². The first-order valence-corrected chi connectivity index (χ1v) is 8.48. The summed E-state index contributed by atoms with van der Waals surface area (Å²) < 4.78 is 5.34. The van der Waals surface area contributed by atoms with Gasteiger partial charge in [0, 0.05) is 18.0 Å². The first-order chi connectivity index (χ1) is 11.1. The van der Waals surface area contributed by atoms with Gasteiger partial charge in [0.25, 0.3) is 0 Å². The lowest BCUT2D eigenvalue weighted by Crippen LogP contribution is -2.41. The number of rotatable bonds is 5. The molecule has 1 fully saturated rings. The van der Waals surface area contributed by atoms with Crippen molar-refractivity contribution in [3.63, 3.8) is 0 Å². The third-order valence-corrected chi connectivity index (χ3v) is 5.35. The summed E-state index contributed by atoms with van der Waals surface area (Å²) in [4.78, 5) is 4.88. The smallest absolute Gasteiger partial charge is 0.119 e. The summed E-state index contributed by atoms with van der Waals surface area (Å²) in [5.41, 5.74) is 2.20. The average Bonchev–Trinajstić information content (AvgIpc) is 2.97. The molecule has 0 aliphatic carbocycles. The van der Waals surface area contributed by atoms with Crippen molar-refractivity contribution < 1.29 is 4.74 Å². The molecule has 0 amide bonds. The molecule has 2 aromatic rings. The number of hydrogen-bond acceptors (Lipinski definition) is 4. The van der Waals surface area contributed by atoms with Crippen molar-refractivity contribution in [3.05, 3.63) is 23.9 Å². The lowest BCUT2D eigenvalue weighted by atomic mass is 9.89. The standard InChI is InChI=1S/C18H28N4O/c1-13(21(2)3)14-7-9-22(10-8-14)12-18-16-11-15(23-4)5-6-17(16)19-20-18/h5-6,11,13-14H,7-10,12H2,1-4H3,(H,19,20)/t13-/m0/s1. The van der Waals surface area contributed by atoms with E-state index in [1.54, 1.807) is 7.11 Å². The fourth-order valence-corrected chi connectivity index (χ4v) is 3.53. The molecule has 1 aliphatic heterocycles. The highest BCUT2D eigenvalue weighted by atomic mass is 16.5. The molecular formula is C18H28N4O. The largest absolute Gasteiger partial charge is 0.497 e. The van der Waals surface area contributed by atoms with Gasteiger partial charge in [-0.1, -0.05) is 0 Å². The molecule has 23 heavy (non-hydrogen) atoms. The van der Waals surface area contributed by atoms with E-state index in [1.165, 1.54) is 23.9 Å². The van der Waals surface area contributed by atoms with Gasteiger partial charge in [-0.15, -0.1) is 0 Å². The Hall–Kier alpha value is -1.59. The van der Waals surface area contributed by atoms with Gasteiger partial charge in [-0.05, 0) is 71.1 Å². The fourth-order valence-electron chi connectivity index (χ4n) is 3.53. The highest BCUT2D eigenvalue weighted by molar-refractivity contribution is 5.82. The Labute approximate surface area is 138 Å². The molecule has 2 heterocycles. The molecule has 1 N–H and O–H groups in total. The highest BCUT2D eigenvalue weighted by Crippen LogP contribution is 2.26. The highest BCUT2D eigenvalue weighted by Gasteiger charge is 2.25. The van der Waals surface area contributed by atoms with Gasteiger partial charge in [0.2, 0.25) is 0 Å². The second kappa shape index (κ2) is 6.89. The maximum atomic E-state index is 5.34. The molecular weight excluding hydrogens is 288 g/mol. The number of piperidine rings is 1. The summed E-state index contributed by atoms with van der Waals surface area (Å²) in [6, 6.07) is 6.71. The summed E-state index contributed by atoms with van der Waals surface area (Å²) in [5.74, 6) is 1.69. The van der Waals surface area contributed by atoms with Gasteiger partial charge < -0.3 is 9.64 Å². The first kappa shape index (κ1) is 16.3. The lowest BCUT2D eigenvalue weighted by Gasteiger charge is -2.37. The van der Waals surface area contributed by atoms with Gasteiger partial charge in [0.05, 0.1) is 18.3 Å². The van der Waals surface area contributed by atoms with E-state index in [2.05, 4.69) is 47.1 Å². The van der Waals surface area contributed by atoms with E-state index in [9.17, 15) is 0 Å². The van der Waals surface area contributed by atoms with E-state index in [-0.39, 0.29) is 0 Å². The Kier molecular flexibility index (Phi) is 4.87. The van der Waals surface area contributed by atoms with E-state index < -0.39 is 0 Å². The summed E-state index contributed by atoms with van der Waals surface area (Å²) in [6.45, 7) is 5.60. The van der Waals surface area contributed by atoms with Crippen LogP contribution < -0.4 is 4.74 Å². The Morgan fingerprint density at radius 2 is 2.09 bits per heavy atom. The third kappa shape index (κ3) is 3.51. The minimum atomic E-state index is 0.661. The second-order valence-electron chi connectivity index (χ2n) is 6.90. The van der Waals surface area contributed by atoms with Crippen LogP contribution in [0.25, 0.3) is 10.9 Å². The number of aromatic amines is 1. The molecule has 5 nitrogen and oxygen atoms in total. The predicted molar refractivity (Wildman–Crippen MR) is 93.8 cm³/mol. The molecule has 5 heteroatoms. The third-order valence-electron chi connectivity index (χ3n) is 5.35. The molecule has 0 bridgehead atoms. The van der Waals surface area contributed by atoms with Crippen LogP contribution in [0.2, 0.25) is 0 Å². The van der Waals surface area contributed by atoms with Crippen molar-refractivity contribution in [1.82, 2.24) is 20.0 Å². The molecule has 1 aromatic carbocycles. The maximum absolute atomic E-state index is 5.34. The van der Waals surface area contributed by atoms with Crippen LogP contribution >= 0.6 is 0 Å². The number of hydrogen-bond donors (Lipinski definition) is 1. The Bertz CT molecular complexity index is 644. The molecule has 0 saturated carbocycles. The van der Waals surface area contributed by atoms with Crippen LogP contribution in [0.15, 0.2) is 18.2 Å². The lowest BCUT2D eigenvalue weighted by molar-refractivity contribution is 0.120. The van der Waals surface area contributed by atoms with E-state index in [4.69, 9.17) is 4.74 Å². The monoisotopic (exact) mass is 316 g/mol. The molecule has 1 atom stereocenters. The van der Waals surface area contributed by atoms with Crippen LogP contribution in [-0.4, -0.2) is 60.3 Å². The zero-order valence-electron chi connectivity index (χ0n) is 14.7. The molecule has 1 saturated heterocycles. The van der Waals surface area contributed by atoms with Gasteiger partial charge in [-0.25, -0.2) is 0 Å². The zero-order chi connectivity index (χ0) is 16.4. The van der Waals surface area contributed by atoms with Crippen molar-refractivity contribution >= 4 is 10.9 Å². The van der Waals surface area contributed by atoms with Gasteiger partial charge in [-0.3, -0.25) is 10.00 Å². The van der Waals surface area contributed by atoms with Crippen molar-refractivity contribution in [2.75, 3.05) is 34.3 Å². The van der Waals surface area contributed by atoms with Crippen LogP contribution in [0, 0.1) is 5.92 Å². The van der Waals surface area contributed by atoms with Crippen LogP contribution in [0.1, 0.15) is 25.5 Å². The van der Waals surface area contributed by atoms with E-state index in [0.29, 0.717) is 6.04 Å². The molecule has 0 radical (unpaired) electrons. The number of aromatic nitrogens is 2. The Morgan fingerprint density at radius 3 is 2.74 bits per heavy atom. The van der Waals surface area contributed by atoms with Crippen molar-refractivity contribution in [3.8, 4) is 5.75 Å². The number of benzene rings is 1. The normalized spacial score (nSPS) is 18.7. The van der Waals surface area contributed by atoms with Crippen LogP contribution in [0.4, 0.5) is 0 Å². The quantitative estimate of drug-likeness (QED) is 0.921. The van der Waals surface area contributed by atoms with E-state index >= 15 is 0 Å². The first-order valence-electron chi connectivity index (χ1n) is 8.48. The SMILES string of the molecule is COc1ccc2n[nH]c(CN3CCC([C@H](C)N(C)C)CC3)c2c1. The summed E-state index contributed by atoms with van der Waals surface area (Å²) >= 11 is 0. The zero-order valence-corrected chi connectivity index (χ0v) is 14.7. The van der Waals surface area contributed by atoms with Crippen LogP contribution in [0.5, 0.6) is 5.75 Å². The fraction of sp³-hybridized carbons (Fsp3) is 0.611. The summed E-state index contributed by atoms with van der Waals surface area (Å²) in [5, 5.41) is 8.80. The van der Waals surface area contributed by atoms with Crippen molar-refractivity contribution in [1.29, 1.82) is 0 Å². The molecule has 0 unspecified atom stereocenters. The number of methoxy groups -OCH3 is 1. The Morgan fingerprint density at radius 1 is 1.35 bits per heavy atom. The summed E-state index contributed by atoms with van der Waals surface area (Å²) in [6.07, 6.45) is 2.55. The molecule has 126 valence electrons. The second-order valence-corrected chi connectivity index (χ2v) is 6.90. The van der Waals surface area contributed by atoms with Crippen LogP contribution in [0.3, 0.4) is 0 Å². The minimum Gasteiger partial charge on any atom is -0.497 e. The van der Waals surface area contributed by atoms with Gasteiger partial charge in [0.15, 0.2) is 0 Å². The van der Waals surface area contributed by atoms with Gasteiger partial charge in [0.1, 0.15) is 5.75 Å². The number of fused-ring (bicyclic) bond motifs is 1. The number of nitrogens with zero attached hydrogens (tertiary/aromatic N) is 3. The molecule has 0 spiro atoms. The average molecular weight is 316 g/mol.